The molecule has 18 heavy (non-hydrogen) atoms. The Hall–Kier alpha value is -0.820. The number of piperidine rings is 1. The summed E-state index contributed by atoms with van der Waals surface area (Å²) in [4.78, 5) is 0. The molecule has 0 spiro atoms. The molecule has 1 N–H and O–H groups in total. The standard InChI is InChI=1S/C17H27N/c1-12(2)15-7-5-6-8-16(15)14-9-10-17(13(3)4)18-11-14/h5-8,12-14,17-18H,9-11H2,1-4H3. The van der Waals surface area contributed by atoms with E-state index in [1.807, 2.05) is 0 Å². The van der Waals surface area contributed by atoms with Crippen molar-refractivity contribution >= 4 is 0 Å². The molecular formula is C17H27N. The lowest BCUT2D eigenvalue weighted by molar-refractivity contribution is 0.302. The van der Waals surface area contributed by atoms with Crippen LogP contribution in [0.25, 0.3) is 0 Å². The van der Waals surface area contributed by atoms with Gasteiger partial charge >= 0.3 is 0 Å². The van der Waals surface area contributed by atoms with Gasteiger partial charge in [-0.1, -0.05) is 52.0 Å². The average Bonchev–Trinajstić information content (AvgIpc) is 2.39. The summed E-state index contributed by atoms with van der Waals surface area (Å²) in [6, 6.07) is 9.71. The molecule has 1 fully saturated rings. The van der Waals surface area contributed by atoms with Gasteiger partial charge in [-0.3, -0.25) is 0 Å². The molecule has 2 unspecified atom stereocenters. The molecular weight excluding hydrogens is 218 g/mol. The molecule has 1 heteroatoms. The van der Waals surface area contributed by atoms with Crippen LogP contribution in [0.2, 0.25) is 0 Å². The van der Waals surface area contributed by atoms with Gasteiger partial charge in [0.1, 0.15) is 0 Å². The van der Waals surface area contributed by atoms with Crippen molar-refractivity contribution in [1.82, 2.24) is 5.32 Å². The summed E-state index contributed by atoms with van der Waals surface area (Å²) in [6.45, 7) is 10.4. The third kappa shape index (κ3) is 2.95. The highest BCUT2D eigenvalue weighted by Gasteiger charge is 2.25. The fourth-order valence-corrected chi connectivity index (χ4v) is 3.12. The van der Waals surface area contributed by atoms with E-state index in [9.17, 15) is 0 Å². The highest BCUT2D eigenvalue weighted by atomic mass is 14.9. The van der Waals surface area contributed by atoms with E-state index in [-0.39, 0.29) is 0 Å². The molecule has 0 saturated carbocycles. The first-order valence-corrected chi connectivity index (χ1v) is 7.41. The summed E-state index contributed by atoms with van der Waals surface area (Å²) in [5, 5.41) is 3.73. The highest BCUT2D eigenvalue weighted by Crippen LogP contribution is 2.32. The van der Waals surface area contributed by atoms with Gasteiger partial charge in [0.25, 0.3) is 0 Å². The fourth-order valence-electron chi connectivity index (χ4n) is 3.12. The average molecular weight is 245 g/mol. The first kappa shape index (κ1) is 13.6. The smallest absolute Gasteiger partial charge is 0.00905 e. The lowest BCUT2D eigenvalue weighted by atomic mass is 9.81. The molecule has 1 heterocycles. The van der Waals surface area contributed by atoms with Crippen molar-refractivity contribution in [2.24, 2.45) is 5.92 Å². The summed E-state index contributed by atoms with van der Waals surface area (Å²) < 4.78 is 0. The molecule has 1 aliphatic rings. The minimum atomic E-state index is 0.629. The molecule has 2 atom stereocenters. The Morgan fingerprint density at radius 2 is 1.78 bits per heavy atom. The summed E-state index contributed by atoms with van der Waals surface area (Å²) in [7, 11) is 0. The van der Waals surface area contributed by atoms with Crippen molar-refractivity contribution in [3.05, 3.63) is 35.4 Å². The topological polar surface area (TPSA) is 12.0 Å². The summed E-state index contributed by atoms with van der Waals surface area (Å²) in [6.07, 6.45) is 2.65. The predicted octanol–water partition coefficient (Wildman–Crippen LogP) is 4.30. The van der Waals surface area contributed by atoms with Gasteiger partial charge in [0.15, 0.2) is 0 Å². The van der Waals surface area contributed by atoms with Gasteiger partial charge in [0, 0.05) is 12.6 Å². The second kappa shape index (κ2) is 5.88. The van der Waals surface area contributed by atoms with Crippen LogP contribution in [0.1, 0.15) is 63.5 Å². The molecule has 0 aromatic heterocycles. The molecule has 1 aromatic carbocycles. The molecule has 1 saturated heterocycles. The number of benzene rings is 1. The van der Waals surface area contributed by atoms with Gasteiger partial charge in [0.2, 0.25) is 0 Å². The third-order valence-electron chi connectivity index (χ3n) is 4.32. The normalized spacial score (nSPS) is 24.8. The zero-order valence-electron chi connectivity index (χ0n) is 12.2. The van der Waals surface area contributed by atoms with E-state index in [4.69, 9.17) is 0 Å². The monoisotopic (exact) mass is 245 g/mol. The summed E-state index contributed by atoms with van der Waals surface area (Å²) >= 11 is 0. The molecule has 2 rings (SSSR count). The Morgan fingerprint density at radius 3 is 2.33 bits per heavy atom. The van der Waals surface area contributed by atoms with Crippen molar-refractivity contribution in [3.8, 4) is 0 Å². The Kier molecular flexibility index (Phi) is 4.45. The van der Waals surface area contributed by atoms with Crippen molar-refractivity contribution in [1.29, 1.82) is 0 Å². The predicted molar refractivity (Wildman–Crippen MR) is 79.1 cm³/mol. The van der Waals surface area contributed by atoms with E-state index in [2.05, 4.69) is 57.3 Å². The van der Waals surface area contributed by atoms with Gasteiger partial charge in [0.05, 0.1) is 0 Å². The molecule has 0 bridgehead atoms. The molecule has 0 radical (unpaired) electrons. The second-order valence-corrected chi connectivity index (χ2v) is 6.32. The summed E-state index contributed by atoms with van der Waals surface area (Å²) in [5.41, 5.74) is 3.11. The highest BCUT2D eigenvalue weighted by molar-refractivity contribution is 5.33. The van der Waals surface area contributed by atoms with E-state index >= 15 is 0 Å². The molecule has 1 aromatic rings. The van der Waals surface area contributed by atoms with Crippen LogP contribution >= 0.6 is 0 Å². The molecule has 1 aliphatic heterocycles. The van der Waals surface area contributed by atoms with E-state index in [0.29, 0.717) is 17.9 Å². The van der Waals surface area contributed by atoms with Crippen LogP contribution in [0, 0.1) is 5.92 Å². The van der Waals surface area contributed by atoms with Crippen molar-refractivity contribution in [2.45, 2.75) is 58.4 Å². The van der Waals surface area contributed by atoms with E-state index < -0.39 is 0 Å². The van der Waals surface area contributed by atoms with E-state index in [1.165, 1.54) is 18.4 Å². The SMILES string of the molecule is CC(C)c1ccccc1C1CCC(C(C)C)NC1. The van der Waals surface area contributed by atoms with Crippen LogP contribution in [-0.2, 0) is 0 Å². The maximum Gasteiger partial charge on any atom is 0.00905 e. The van der Waals surface area contributed by atoms with Gasteiger partial charge in [-0.2, -0.15) is 0 Å². The fraction of sp³-hybridized carbons (Fsp3) is 0.647. The maximum atomic E-state index is 3.73. The zero-order valence-corrected chi connectivity index (χ0v) is 12.2. The van der Waals surface area contributed by atoms with Crippen molar-refractivity contribution in [2.75, 3.05) is 6.54 Å². The van der Waals surface area contributed by atoms with Crippen molar-refractivity contribution < 1.29 is 0 Å². The van der Waals surface area contributed by atoms with Crippen LogP contribution in [0.5, 0.6) is 0 Å². The Balaban J connectivity index is 2.10. The van der Waals surface area contributed by atoms with E-state index in [0.717, 1.165) is 12.5 Å². The van der Waals surface area contributed by atoms with Gasteiger partial charge < -0.3 is 5.32 Å². The van der Waals surface area contributed by atoms with E-state index in [1.54, 1.807) is 5.56 Å². The van der Waals surface area contributed by atoms with Crippen LogP contribution < -0.4 is 5.32 Å². The first-order chi connectivity index (χ1) is 8.59. The number of hydrogen-bond donors (Lipinski definition) is 1. The molecule has 0 amide bonds. The largest absolute Gasteiger partial charge is 0.313 e. The number of nitrogens with one attached hydrogen (secondary N) is 1. The molecule has 100 valence electrons. The Labute approximate surface area is 112 Å². The van der Waals surface area contributed by atoms with Crippen molar-refractivity contribution in [3.63, 3.8) is 0 Å². The van der Waals surface area contributed by atoms with Gasteiger partial charge in [-0.15, -0.1) is 0 Å². The number of rotatable bonds is 3. The summed E-state index contributed by atoms with van der Waals surface area (Å²) in [5.74, 6) is 2.09. The molecule has 1 nitrogen and oxygen atoms in total. The zero-order chi connectivity index (χ0) is 13.1. The maximum absolute atomic E-state index is 3.73. The van der Waals surface area contributed by atoms with Gasteiger partial charge in [-0.05, 0) is 41.7 Å². The minimum absolute atomic E-state index is 0.629. The first-order valence-electron chi connectivity index (χ1n) is 7.41. The molecule has 0 aliphatic carbocycles. The Bertz CT molecular complexity index is 373. The van der Waals surface area contributed by atoms with Crippen LogP contribution in [0.15, 0.2) is 24.3 Å². The quantitative estimate of drug-likeness (QED) is 0.837. The minimum Gasteiger partial charge on any atom is -0.313 e. The Morgan fingerprint density at radius 1 is 1.06 bits per heavy atom. The third-order valence-corrected chi connectivity index (χ3v) is 4.32. The van der Waals surface area contributed by atoms with Crippen LogP contribution in [-0.4, -0.2) is 12.6 Å². The lowest BCUT2D eigenvalue weighted by Crippen LogP contribution is -2.41. The van der Waals surface area contributed by atoms with Crippen LogP contribution in [0.3, 0.4) is 0 Å². The van der Waals surface area contributed by atoms with Crippen LogP contribution in [0.4, 0.5) is 0 Å². The van der Waals surface area contributed by atoms with Gasteiger partial charge in [-0.25, -0.2) is 0 Å². The number of hydrogen-bond acceptors (Lipinski definition) is 1. The lowest BCUT2D eigenvalue weighted by Gasteiger charge is -2.33. The second-order valence-electron chi connectivity index (χ2n) is 6.32.